The summed E-state index contributed by atoms with van der Waals surface area (Å²) in [6.07, 6.45) is 6.61. The van der Waals surface area contributed by atoms with Crippen LogP contribution in [0.15, 0.2) is 53.6 Å². The number of hydrogen-bond donors (Lipinski definition) is 1. The van der Waals surface area contributed by atoms with Crippen LogP contribution in [0, 0.1) is 5.82 Å². The van der Waals surface area contributed by atoms with Gasteiger partial charge in [-0.3, -0.25) is 14.3 Å². The van der Waals surface area contributed by atoms with Crippen molar-refractivity contribution in [2.45, 2.75) is 51.2 Å². The summed E-state index contributed by atoms with van der Waals surface area (Å²) in [6, 6.07) is 9.92. The van der Waals surface area contributed by atoms with Gasteiger partial charge < -0.3 is 5.32 Å². The minimum absolute atomic E-state index is 0.0112. The van der Waals surface area contributed by atoms with Crippen LogP contribution in [0.3, 0.4) is 0 Å². The van der Waals surface area contributed by atoms with E-state index in [9.17, 15) is 14.0 Å². The number of halogens is 1. The fourth-order valence-electron chi connectivity index (χ4n) is 3.74. The van der Waals surface area contributed by atoms with Crippen LogP contribution in [0.2, 0.25) is 0 Å². The number of nitrogens with zero attached hydrogens (tertiary/aromatic N) is 4. The summed E-state index contributed by atoms with van der Waals surface area (Å²) in [5, 5.41) is 7.56. The number of hydrogen-bond acceptors (Lipinski definition) is 4. The van der Waals surface area contributed by atoms with Gasteiger partial charge in [0.05, 0.1) is 6.54 Å². The van der Waals surface area contributed by atoms with E-state index in [0.29, 0.717) is 38.8 Å². The second kappa shape index (κ2) is 9.02. The van der Waals surface area contributed by atoms with Crippen molar-refractivity contribution in [1.82, 2.24) is 24.6 Å². The molecule has 30 heavy (non-hydrogen) atoms. The number of nitrogens with one attached hydrogen (secondary N) is 1. The first kappa shape index (κ1) is 20.0. The molecule has 0 radical (unpaired) electrons. The summed E-state index contributed by atoms with van der Waals surface area (Å²) >= 11 is 0. The Labute approximate surface area is 173 Å². The second-order valence-corrected chi connectivity index (χ2v) is 7.59. The van der Waals surface area contributed by atoms with E-state index in [1.165, 1.54) is 16.8 Å². The van der Waals surface area contributed by atoms with Crippen molar-refractivity contribution in [2.75, 3.05) is 0 Å². The first-order valence-electron chi connectivity index (χ1n) is 10.2. The Morgan fingerprint density at radius 3 is 2.77 bits per heavy atom. The quantitative estimate of drug-likeness (QED) is 0.676. The zero-order chi connectivity index (χ0) is 20.9. The summed E-state index contributed by atoms with van der Waals surface area (Å²) in [7, 11) is 0. The summed E-state index contributed by atoms with van der Waals surface area (Å²) in [6.45, 7) is 0.832. The van der Waals surface area contributed by atoms with E-state index in [1.54, 1.807) is 29.1 Å². The molecule has 1 unspecified atom stereocenters. The molecule has 8 heteroatoms. The van der Waals surface area contributed by atoms with Crippen molar-refractivity contribution in [2.24, 2.45) is 0 Å². The van der Waals surface area contributed by atoms with Crippen molar-refractivity contribution in [1.29, 1.82) is 0 Å². The molecule has 1 aliphatic heterocycles. The summed E-state index contributed by atoms with van der Waals surface area (Å²) < 4.78 is 16.2. The molecule has 1 amide bonds. The number of pyridine rings is 1. The SMILES string of the molecule is O=C(CCc1cccnc1)NC1CCc2nn(Cc3ccc(F)cc3)c(=O)n2CC1. The maximum absolute atomic E-state index is 13.1. The number of carbonyl (C=O) groups is 1. The topological polar surface area (TPSA) is 81.8 Å². The predicted molar refractivity (Wildman–Crippen MR) is 109 cm³/mol. The maximum atomic E-state index is 13.1. The molecule has 0 spiro atoms. The molecule has 1 aliphatic rings. The molecule has 0 saturated heterocycles. The van der Waals surface area contributed by atoms with Crippen LogP contribution in [-0.2, 0) is 30.7 Å². The van der Waals surface area contributed by atoms with E-state index in [-0.39, 0.29) is 23.5 Å². The molecule has 0 saturated carbocycles. The largest absolute Gasteiger partial charge is 0.353 e. The van der Waals surface area contributed by atoms with Gasteiger partial charge in [0.15, 0.2) is 0 Å². The summed E-state index contributed by atoms with van der Waals surface area (Å²) in [4.78, 5) is 29.1. The number of benzene rings is 1. The molecular weight excluding hydrogens is 385 g/mol. The molecule has 156 valence electrons. The Morgan fingerprint density at radius 2 is 2.00 bits per heavy atom. The third-order valence-corrected chi connectivity index (χ3v) is 5.39. The highest BCUT2D eigenvalue weighted by atomic mass is 19.1. The van der Waals surface area contributed by atoms with Crippen LogP contribution in [0.25, 0.3) is 0 Å². The normalized spacial score (nSPS) is 16.0. The lowest BCUT2D eigenvalue weighted by Crippen LogP contribution is -2.36. The van der Waals surface area contributed by atoms with Crippen LogP contribution in [0.4, 0.5) is 4.39 Å². The van der Waals surface area contributed by atoms with Gasteiger partial charge in [-0.15, -0.1) is 0 Å². The van der Waals surface area contributed by atoms with Crippen molar-refractivity contribution >= 4 is 5.91 Å². The van der Waals surface area contributed by atoms with Crippen molar-refractivity contribution in [3.05, 3.63) is 82.0 Å². The molecule has 1 atom stereocenters. The zero-order valence-corrected chi connectivity index (χ0v) is 16.6. The maximum Gasteiger partial charge on any atom is 0.346 e. The van der Waals surface area contributed by atoms with E-state index in [4.69, 9.17) is 0 Å². The van der Waals surface area contributed by atoms with Gasteiger partial charge in [0, 0.05) is 37.8 Å². The molecule has 3 heterocycles. The zero-order valence-electron chi connectivity index (χ0n) is 16.6. The Hall–Kier alpha value is -3.29. The van der Waals surface area contributed by atoms with Gasteiger partial charge >= 0.3 is 5.69 Å². The highest BCUT2D eigenvalue weighted by molar-refractivity contribution is 5.76. The first-order chi connectivity index (χ1) is 14.6. The Bertz CT molecular complexity index is 1060. The lowest BCUT2D eigenvalue weighted by atomic mass is 10.1. The van der Waals surface area contributed by atoms with Crippen molar-refractivity contribution < 1.29 is 9.18 Å². The minimum atomic E-state index is -0.305. The fraction of sp³-hybridized carbons (Fsp3) is 0.364. The fourth-order valence-corrected chi connectivity index (χ4v) is 3.74. The second-order valence-electron chi connectivity index (χ2n) is 7.59. The highest BCUT2D eigenvalue weighted by Crippen LogP contribution is 2.13. The Balaban J connectivity index is 1.33. The van der Waals surface area contributed by atoms with Crippen LogP contribution in [0.5, 0.6) is 0 Å². The third-order valence-electron chi connectivity index (χ3n) is 5.39. The van der Waals surface area contributed by atoms with Gasteiger partial charge in [0.1, 0.15) is 11.6 Å². The Morgan fingerprint density at radius 1 is 1.17 bits per heavy atom. The van der Waals surface area contributed by atoms with Gasteiger partial charge in [-0.1, -0.05) is 18.2 Å². The number of amides is 1. The average molecular weight is 409 g/mol. The van der Waals surface area contributed by atoms with Crippen LogP contribution in [0.1, 0.15) is 36.2 Å². The standard InChI is InChI=1S/C22H24FN5O2/c23-18-6-3-17(4-7-18)15-28-22(30)27-13-11-19(8-9-20(27)26-28)25-21(29)10-5-16-2-1-12-24-14-16/h1-4,6-7,12,14,19H,5,8-11,13,15H2,(H,25,29). The van der Waals surface area contributed by atoms with E-state index in [0.717, 1.165) is 23.4 Å². The molecule has 0 fully saturated rings. The summed E-state index contributed by atoms with van der Waals surface area (Å²) in [5.74, 6) is 0.437. The lowest BCUT2D eigenvalue weighted by Gasteiger charge is -2.16. The molecule has 2 aromatic heterocycles. The molecule has 0 bridgehead atoms. The molecule has 1 N–H and O–H groups in total. The van der Waals surface area contributed by atoms with Crippen molar-refractivity contribution in [3.63, 3.8) is 0 Å². The van der Waals surface area contributed by atoms with E-state index in [2.05, 4.69) is 15.4 Å². The minimum Gasteiger partial charge on any atom is -0.353 e. The third kappa shape index (κ3) is 4.82. The van der Waals surface area contributed by atoms with E-state index >= 15 is 0 Å². The van der Waals surface area contributed by atoms with Crippen LogP contribution >= 0.6 is 0 Å². The van der Waals surface area contributed by atoms with Gasteiger partial charge in [0.2, 0.25) is 5.91 Å². The highest BCUT2D eigenvalue weighted by Gasteiger charge is 2.22. The predicted octanol–water partition coefficient (Wildman–Crippen LogP) is 2.08. The van der Waals surface area contributed by atoms with Gasteiger partial charge in [-0.2, -0.15) is 5.10 Å². The molecule has 7 nitrogen and oxygen atoms in total. The van der Waals surface area contributed by atoms with Gasteiger partial charge in [0.25, 0.3) is 0 Å². The lowest BCUT2D eigenvalue weighted by molar-refractivity contribution is -0.121. The monoisotopic (exact) mass is 409 g/mol. The number of carbonyl (C=O) groups excluding carboxylic acids is 1. The summed E-state index contributed by atoms with van der Waals surface area (Å²) in [5.41, 5.74) is 1.69. The molecule has 4 rings (SSSR count). The van der Waals surface area contributed by atoms with E-state index in [1.807, 2.05) is 12.1 Å². The number of aryl methyl sites for hydroxylation is 2. The number of aromatic nitrogens is 4. The smallest absolute Gasteiger partial charge is 0.346 e. The van der Waals surface area contributed by atoms with E-state index < -0.39 is 0 Å². The number of rotatable bonds is 6. The number of fused-ring (bicyclic) bond motifs is 1. The average Bonchev–Trinajstić information content (AvgIpc) is 2.92. The van der Waals surface area contributed by atoms with Crippen LogP contribution < -0.4 is 11.0 Å². The molecule has 1 aromatic carbocycles. The molecule has 3 aromatic rings. The van der Waals surface area contributed by atoms with Crippen molar-refractivity contribution in [3.8, 4) is 0 Å². The molecule has 0 aliphatic carbocycles. The molecular formula is C22H24FN5O2. The van der Waals surface area contributed by atoms with Crippen LogP contribution in [-0.4, -0.2) is 31.3 Å². The van der Waals surface area contributed by atoms with Gasteiger partial charge in [-0.25, -0.2) is 13.9 Å². The van der Waals surface area contributed by atoms with Gasteiger partial charge in [-0.05, 0) is 48.6 Å². The Kier molecular flexibility index (Phi) is 6.02. The first-order valence-corrected chi connectivity index (χ1v) is 10.2.